The minimum absolute atomic E-state index is 0.00137. The van der Waals surface area contributed by atoms with Crippen LogP contribution in [0, 0.1) is 0 Å². The van der Waals surface area contributed by atoms with Crippen LogP contribution in [-0.4, -0.2) is 76.6 Å². The van der Waals surface area contributed by atoms with Crippen LogP contribution < -0.4 is 10.1 Å². The van der Waals surface area contributed by atoms with Gasteiger partial charge in [-0.1, -0.05) is 0 Å². The number of carbonyl (C=O) groups is 2. The van der Waals surface area contributed by atoms with Crippen LogP contribution in [0.1, 0.15) is 17.3 Å². The zero-order chi connectivity index (χ0) is 19.3. The Morgan fingerprint density at radius 2 is 1.85 bits per heavy atom. The maximum atomic E-state index is 12.9. The van der Waals surface area contributed by atoms with Crippen molar-refractivity contribution in [3.63, 3.8) is 0 Å². The molecule has 9 nitrogen and oxygen atoms in total. The van der Waals surface area contributed by atoms with E-state index in [1.807, 2.05) is 0 Å². The molecule has 0 bridgehead atoms. The molecule has 1 N–H and O–H groups in total. The average molecular weight is 385 g/mol. The van der Waals surface area contributed by atoms with Crippen molar-refractivity contribution in [2.75, 3.05) is 46.9 Å². The summed E-state index contributed by atoms with van der Waals surface area (Å²) < 4.78 is 37.1. The smallest absolute Gasteiger partial charge is 0.409 e. The average Bonchev–Trinajstić information content (AvgIpc) is 2.67. The van der Waals surface area contributed by atoms with Crippen molar-refractivity contribution in [2.45, 2.75) is 11.8 Å². The number of piperazine rings is 1. The maximum absolute atomic E-state index is 12.9. The molecule has 1 heterocycles. The van der Waals surface area contributed by atoms with Gasteiger partial charge in [0, 0.05) is 33.2 Å². The molecule has 0 aromatic heterocycles. The van der Waals surface area contributed by atoms with Gasteiger partial charge in [0.2, 0.25) is 10.0 Å². The predicted octanol–water partition coefficient (Wildman–Crippen LogP) is 0.518. The van der Waals surface area contributed by atoms with E-state index < -0.39 is 22.0 Å². The van der Waals surface area contributed by atoms with Crippen molar-refractivity contribution in [3.8, 4) is 5.75 Å². The lowest BCUT2D eigenvalue weighted by Gasteiger charge is -2.33. The van der Waals surface area contributed by atoms with Gasteiger partial charge in [-0.15, -0.1) is 0 Å². The van der Waals surface area contributed by atoms with Crippen molar-refractivity contribution < 1.29 is 27.5 Å². The van der Waals surface area contributed by atoms with Gasteiger partial charge in [0.15, 0.2) is 0 Å². The largest absolute Gasteiger partial charge is 0.496 e. The number of rotatable bonds is 5. The standard InChI is InChI=1S/C16H23N3O6S/c1-4-25-16(21)18-7-9-19(10-8-18)26(22,23)12-5-6-14(24-3)13(11-12)15(20)17-2/h5-6,11H,4,7-10H2,1-3H3,(H,17,20). The molecule has 2 rings (SSSR count). The molecule has 1 fully saturated rings. The minimum Gasteiger partial charge on any atom is -0.496 e. The van der Waals surface area contributed by atoms with E-state index in [1.54, 1.807) is 6.92 Å². The van der Waals surface area contributed by atoms with Crippen molar-refractivity contribution in [1.82, 2.24) is 14.5 Å². The zero-order valence-electron chi connectivity index (χ0n) is 15.0. The molecule has 26 heavy (non-hydrogen) atoms. The van der Waals surface area contributed by atoms with Crippen LogP contribution in [0.5, 0.6) is 5.75 Å². The second kappa shape index (κ2) is 8.37. The van der Waals surface area contributed by atoms with Crippen molar-refractivity contribution >= 4 is 22.0 Å². The van der Waals surface area contributed by atoms with E-state index in [2.05, 4.69) is 5.32 Å². The Labute approximate surface area is 152 Å². The van der Waals surface area contributed by atoms with Gasteiger partial charge in [0.25, 0.3) is 5.91 Å². The number of benzene rings is 1. The molecular formula is C16H23N3O6S. The first-order valence-electron chi connectivity index (χ1n) is 8.17. The van der Waals surface area contributed by atoms with Crippen LogP contribution >= 0.6 is 0 Å². The van der Waals surface area contributed by atoms with Crippen molar-refractivity contribution in [2.24, 2.45) is 0 Å². The Morgan fingerprint density at radius 3 is 2.38 bits per heavy atom. The Morgan fingerprint density at radius 1 is 1.19 bits per heavy atom. The third-order valence-corrected chi connectivity index (χ3v) is 5.94. The molecule has 10 heteroatoms. The lowest BCUT2D eigenvalue weighted by molar-refractivity contribution is 0.0931. The van der Waals surface area contributed by atoms with Gasteiger partial charge >= 0.3 is 6.09 Å². The van der Waals surface area contributed by atoms with Crippen LogP contribution in [-0.2, 0) is 14.8 Å². The Hall–Kier alpha value is -2.33. The van der Waals surface area contributed by atoms with Crippen LogP contribution in [0.4, 0.5) is 4.79 Å². The molecule has 1 aliphatic rings. The fourth-order valence-corrected chi connectivity index (χ4v) is 4.08. The van der Waals surface area contributed by atoms with Gasteiger partial charge < -0.3 is 19.7 Å². The summed E-state index contributed by atoms with van der Waals surface area (Å²) in [4.78, 5) is 25.2. The summed E-state index contributed by atoms with van der Waals surface area (Å²) in [6.07, 6.45) is -0.448. The third-order valence-electron chi connectivity index (χ3n) is 4.05. The van der Waals surface area contributed by atoms with Gasteiger partial charge in [-0.2, -0.15) is 4.31 Å². The molecule has 144 valence electrons. The molecule has 0 aliphatic carbocycles. The molecule has 1 saturated heterocycles. The molecule has 0 saturated carbocycles. The summed E-state index contributed by atoms with van der Waals surface area (Å²) in [5.74, 6) is -0.151. The van der Waals surface area contributed by atoms with Gasteiger partial charge in [-0.05, 0) is 25.1 Å². The Balaban J connectivity index is 2.21. The molecule has 2 amide bonds. The van der Waals surface area contributed by atoms with Gasteiger partial charge in [0.05, 0.1) is 24.2 Å². The summed E-state index contributed by atoms with van der Waals surface area (Å²) in [7, 11) is -0.930. The molecule has 0 radical (unpaired) electrons. The fourth-order valence-electron chi connectivity index (χ4n) is 2.63. The van der Waals surface area contributed by atoms with Gasteiger partial charge in [0.1, 0.15) is 5.75 Å². The number of hydrogen-bond donors (Lipinski definition) is 1. The molecule has 0 atom stereocenters. The van der Waals surface area contributed by atoms with Crippen LogP contribution in [0.3, 0.4) is 0 Å². The van der Waals surface area contributed by atoms with Crippen molar-refractivity contribution in [3.05, 3.63) is 23.8 Å². The lowest BCUT2D eigenvalue weighted by atomic mass is 10.2. The van der Waals surface area contributed by atoms with E-state index in [9.17, 15) is 18.0 Å². The van der Waals surface area contributed by atoms with Crippen LogP contribution in [0.25, 0.3) is 0 Å². The van der Waals surface area contributed by atoms with Gasteiger partial charge in [-0.3, -0.25) is 4.79 Å². The summed E-state index contributed by atoms with van der Waals surface area (Å²) in [6, 6.07) is 4.15. The monoisotopic (exact) mass is 385 g/mol. The van der Waals surface area contributed by atoms with E-state index in [1.165, 1.54) is 41.6 Å². The normalized spacial score (nSPS) is 15.4. The number of nitrogens with one attached hydrogen (secondary N) is 1. The number of hydrogen-bond acceptors (Lipinski definition) is 6. The third kappa shape index (κ3) is 4.07. The highest BCUT2D eigenvalue weighted by atomic mass is 32.2. The highest BCUT2D eigenvalue weighted by molar-refractivity contribution is 7.89. The van der Waals surface area contributed by atoms with Crippen LogP contribution in [0.15, 0.2) is 23.1 Å². The first-order chi connectivity index (χ1) is 12.3. The first-order valence-corrected chi connectivity index (χ1v) is 9.61. The lowest BCUT2D eigenvalue weighted by Crippen LogP contribution is -2.50. The van der Waals surface area contributed by atoms with E-state index >= 15 is 0 Å². The van der Waals surface area contributed by atoms with E-state index in [0.29, 0.717) is 0 Å². The topological polar surface area (TPSA) is 105 Å². The van der Waals surface area contributed by atoms with E-state index in [-0.39, 0.29) is 49.0 Å². The Bertz CT molecular complexity index is 772. The first kappa shape index (κ1) is 20.0. The fraction of sp³-hybridized carbons (Fsp3) is 0.500. The Kier molecular flexibility index (Phi) is 6.43. The molecule has 1 aromatic rings. The number of amides is 2. The minimum atomic E-state index is -3.79. The second-order valence-electron chi connectivity index (χ2n) is 5.53. The van der Waals surface area contributed by atoms with Crippen molar-refractivity contribution in [1.29, 1.82) is 0 Å². The number of ether oxygens (including phenoxy) is 2. The molecule has 1 aromatic carbocycles. The molecule has 0 spiro atoms. The highest BCUT2D eigenvalue weighted by Crippen LogP contribution is 2.25. The SMILES string of the molecule is CCOC(=O)N1CCN(S(=O)(=O)c2ccc(OC)c(C(=O)NC)c2)CC1. The number of sulfonamides is 1. The molecule has 0 unspecified atom stereocenters. The summed E-state index contributed by atoms with van der Waals surface area (Å²) in [5.41, 5.74) is 0.140. The summed E-state index contributed by atoms with van der Waals surface area (Å²) in [5, 5.41) is 2.46. The zero-order valence-corrected chi connectivity index (χ0v) is 15.8. The molecule has 1 aliphatic heterocycles. The summed E-state index contributed by atoms with van der Waals surface area (Å²) >= 11 is 0. The second-order valence-corrected chi connectivity index (χ2v) is 7.47. The number of methoxy groups -OCH3 is 1. The van der Waals surface area contributed by atoms with Gasteiger partial charge in [-0.25, -0.2) is 13.2 Å². The number of nitrogens with zero attached hydrogens (tertiary/aromatic N) is 2. The number of carbonyl (C=O) groups excluding carboxylic acids is 2. The molecular weight excluding hydrogens is 362 g/mol. The predicted molar refractivity (Wildman–Crippen MR) is 93.7 cm³/mol. The van der Waals surface area contributed by atoms with E-state index in [4.69, 9.17) is 9.47 Å². The van der Waals surface area contributed by atoms with E-state index in [0.717, 1.165) is 0 Å². The quantitative estimate of drug-likeness (QED) is 0.792. The highest BCUT2D eigenvalue weighted by Gasteiger charge is 2.31. The summed E-state index contributed by atoms with van der Waals surface area (Å²) in [6.45, 7) is 2.79. The van der Waals surface area contributed by atoms with Crippen LogP contribution in [0.2, 0.25) is 0 Å². The maximum Gasteiger partial charge on any atom is 0.409 e.